The Morgan fingerprint density at radius 1 is 1.18 bits per heavy atom. The topological polar surface area (TPSA) is 86.5 Å². The Morgan fingerprint density at radius 3 is 2.64 bits per heavy atom. The highest BCUT2D eigenvalue weighted by molar-refractivity contribution is 7.51. The van der Waals surface area contributed by atoms with Gasteiger partial charge in [-0.3, -0.25) is 4.57 Å². The number of hydrogen-bond donors (Lipinski definition) is 2. The van der Waals surface area contributed by atoms with E-state index in [1.165, 1.54) is 0 Å². The van der Waals surface area contributed by atoms with E-state index in [4.69, 9.17) is 9.79 Å². The maximum absolute atomic E-state index is 11.0. The van der Waals surface area contributed by atoms with Crippen LogP contribution in [0, 0.1) is 5.92 Å². The van der Waals surface area contributed by atoms with E-state index >= 15 is 0 Å². The van der Waals surface area contributed by atoms with Crippen LogP contribution in [0.5, 0.6) is 0 Å². The normalized spacial score (nSPS) is 17.1. The second-order valence-corrected chi connectivity index (χ2v) is 7.60. The van der Waals surface area contributed by atoms with Gasteiger partial charge in [0, 0.05) is 18.5 Å². The summed E-state index contributed by atoms with van der Waals surface area (Å²) < 4.78 is 11.0. The zero-order valence-electron chi connectivity index (χ0n) is 12.3. The molecule has 2 N–H and O–H groups in total. The summed E-state index contributed by atoms with van der Waals surface area (Å²) in [6, 6.07) is 7.97. The molecule has 0 saturated carbocycles. The van der Waals surface area contributed by atoms with E-state index in [9.17, 15) is 4.57 Å². The van der Waals surface area contributed by atoms with Crippen molar-refractivity contribution >= 4 is 24.3 Å². The first-order valence-electron chi connectivity index (χ1n) is 7.52. The van der Waals surface area contributed by atoms with E-state index in [1.807, 2.05) is 24.3 Å². The Labute approximate surface area is 129 Å². The molecule has 0 aliphatic carbocycles. The summed E-state index contributed by atoms with van der Waals surface area (Å²) in [6.45, 7) is 1.74. The summed E-state index contributed by atoms with van der Waals surface area (Å²) in [4.78, 5) is 28.9. The van der Waals surface area contributed by atoms with Crippen molar-refractivity contribution in [2.75, 3.05) is 24.2 Å². The molecule has 2 heterocycles. The summed E-state index contributed by atoms with van der Waals surface area (Å²) in [5.74, 6) is 1.34. The first-order chi connectivity index (χ1) is 10.5. The zero-order chi connectivity index (χ0) is 15.6. The van der Waals surface area contributed by atoms with Gasteiger partial charge >= 0.3 is 7.60 Å². The van der Waals surface area contributed by atoms with E-state index in [2.05, 4.69) is 14.9 Å². The number of aromatic nitrogens is 2. The molecule has 1 aliphatic rings. The van der Waals surface area contributed by atoms with Crippen LogP contribution >= 0.6 is 7.60 Å². The molecular formula is C15H20N3O3P. The first-order valence-corrected chi connectivity index (χ1v) is 9.32. The summed E-state index contributed by atoms with van der Waals surface area (Å²) in [7, 11) is -3.87. The van der Waals surface area contributed by atoms with Gasteiger partial charge in [-0.15, -0.1) is 0 Å². The van der Waals surface area contributed by atoms with Crippen LogP contribution in [0.25, 0.3) is 10.9 Å². The Kier molecular flexibility index (Phi) is 4.43. The molecule has 1 fully saturated rings. The lowest BCUT2D eigenvalue weighted by atomic mass is 9.94. The quantitative estimate of drug-likeness (QED) is 0.841. The third-order valence-corrected chi connectivity index (χ3v) is 5.11. The minimum absolute atomic E-state index is 0.00585. The molecule has 0 atom stereocenters. The monoisotopic (exact) mass is 321 g/mol. The largest absolute Gasteiger partial charge is 0.356 e. The molecule has 0 spiro atoms. The number of fused-ring (bicyclic) bond motifs is 1. The molecule has 1 aromatic carbocycles. The number of anilines is 1. The highest BCUT2D eigenvalue weighted by atomic mass is 31.2. The SMILES string of the molecule is O=P(O)(O)CCC1CCN(c2ncnc3ccccc23)CC1. The number of benzene rings is 1. The average molecular weight is 321 g/mol. The van der Waals surface area contributed by atoms with Crippen molar-refractivity contribution in [3.8, 4) is 0 Å². The molecule has 22 heavy (non-hydrogen) atoms. The lowest BCUT2D eigenvalue weighted by molar-refractivity contribution is 0.350. The summed E-state index contributed by atoms with van der Waals surface area (Å²) in [5, 5.41) is 1.05. The van der Waals surface area contributed by atoms with Crippen molar-refractivity contribution in [2.45, 2.75) is 19.3 Å². The number of piperidine rings is 1. The van der Waals surface area contributed by atoms with E-state index in [0.29, 0.717) is 12.3 Å². The van der Waals surface area contributed by atoms with Gasteiger partial charge in [-0.05, 0) is 37.3 Å². The minimum Gasteiger partial charge on any atom is -0.356 e. The van der Waals surface area contributed by atoms with Crippen molar-refractivity contribution in [3.63, 3.8) is 0 Å². The van der Waals surface area contributed by atoms with Gasteiger partial charge in [-0.1, -0.05) is 12.1 Å². The number of nitrogens with zero attached hydrogens (tertiary/aromatic N) is 3. The van der Waals surface area contributed by atoms with E-state index in [1.54, 1.807) is 6.33 Å². The first kappa shape index (κ1) is 15.4. The van der Waals surface area contributed by atoms with Crippen LogP contribution < -0.4 is 4.90 Å². The number of rotatable bonds is 4. The van der Waals surface area contributed by atoms with Crippen LogP contribution in [-0.2, 0) is 4.57 Å². The van der Waals surface area contributed by atoms with Gasteiger partial charge in [0.1, 0.15) is 12.1 Å². The summed E-state index contributed by atoms with van der Waals surface area (Å²) in [6.07, 6.45) is 4.07. The van der Waals surface area contributed by atoms with Crippen molar-refractivity contribution in [3.05, 3.63) is 30.6 Å². The number of para-hydroxylation sites is 1. The minimum atomic E-state index is -3.87. The molecular weight excluding hydrogens is 301 g/mol. The highest BCUT2D eigenvalue weighted by Gasteiger charge is 2.24. The van der Waals surface area contributed by atoms with Crippen molar-refractivity contribution in [1.29, 1.82) is 0 Å². The van der Waals surface area contributed by atoms with Crippen molar-refractivity contribution < 1.29 is 14.4 Å². The third kappa shape index (κ3) is 3.64. The van der Waals surface area contributed by atoms with Crippen LogP contribution in [0.15, 0.2) is 30.6 Å². The third-order valence-electron chi connectivity index (χ3n) is 4.26. The molecule has 7 heteroatoms. The average Bonchev–Trinajstić information content (AvgIpc) is 2.52. The molecule has 6 nitrogen and oxygen atoms in total. The molecule has 0 radical (unpaired) electrons. The van der Waals surface area contributed by atoms with Crippen LogP contribution in [0.1, 0.15) is 19.3 Å². The second-order valence-electron chi connectivity index (χ2n) is 5.82. The Balaban J connectivity index is 1.67. The second kappa shape index (κ2) is 6.32. The van der Waals surface area contributed by atoms with Crippen LogP contribution in [-0.4, -0.2) is 39.0 Å². The van der Waals surface area contributed by atoms with E-state index in [0.717, 1.165) is 42.7 Å². The predicted octanol–water partition coefficient (Wildman–Crippen LogP) is 2.41. The van der Waals surface area contributed by atoms with E-state index < -0.39 is 7.60 Å². The lowest BCUT2D eigenvalue weighted by Gasteiger charge is -2.33. The fourth-order valence-electron chi connectivity index (χ4n) is 3.03. The van der Waals surface area contributed by atoms with Gasteiger partial charge in [0.05, 0.1) is 11.7 Å². The molecule has 1 aromatic heterocycles. The van der Waals surface area contributed by atoms with Gasteiger partial charge in [-0.25, -0.2) is 9.97 Å². The molecule has 0 bridgehead atoms. The molecule has 3 rings (SSSR count). The highest BCUT2D eigenvalue weighted by Crippen LogP contribution is 2.38. The van der Waals surface area contributed by atoms with Crippen molar-refractivity contribution in [1.82, 2.24) is 9.97 Å². The Bertz CT molecular complexity index is 690. The maximum atomic E-state index is 11.0. The predicted molar refractivity (Wildman–Crippen MR) is 86.0 cm³/mol. The fourth-order valence-corrected chi connectivity index (χ4v) is 3.73. The van der Waals surface area contributed by atoms with E-state index in [-0.39, 0.29) is 6.16 Å². The Hall–Kier alpha value is -1.49. The molecule has 2 aromatic rings. The van der Waals surface area contributed by atoms with Crippen LogP contribution in [0.2, 0.25) is 0 Å². The number of hydrogen-bond acceptors (Lipinski definition) is 4. The summed E-state index contributed by atoms with van der Waals surface area (Å²) in [5.41, 5.74) is 0.941. The molecule has 0 unspecified atom stereocenters. The van der Waals surface area contributed by atoms with Gasteiger partial charge in [-0.2, -0.15) is 0 Å². The molecule has 0 amide bonds. The Morgan fingerprint density at radius 2 is 1.91 bits per heavy atom. The van der Waals surface area contributed by atoms with Gasteiger partial charge in [0.2, 0.25) is 0 Å². The van der Waals surface area contributed by atoms with Gasteiger partial charge in [0.25, 0.3) is 0 Å². The molecule has 118 valence electrons. The molecule has 1 aliphatic heterocycles. The van der Waals surface area contributed by atoms with Crippen LogP contribution in [0.3, 0.4) is 0 Å². The van der Waals surface area contributed by atoms with Gasteiger partial charge in [0.15, 0.2) is 0 Å². The molecule has 1 saturated heterocycles. The van der Waals surface area contributed by atoms with Crippen LogP contribution in [0.4, 0.5) is 5.82 Å². The fraction of sp³-hybridized carbons (Fsp3) is 0.467. The summed E-state index contributed by atoms with van der Waals surface area (Å²) >= 11 is 0. The zero-order valence-corrected chi connectivity index (χ0v) is 13.2. The van der Waals surface area contributed by atoms with Gasteiger partial charge < -0.3 is 14.7 Å². The smallest absolute Gasteiger partial charge is 0.325 e. The lowest BCUT2D eigenvalue weighted by Crippen LogP contribution is -2.34. The van der Waals surface area contributed by atoms with Crippen molar-refractivity contribution in [2.24, 2.45) is 5.92 Å². The maximum Gasteiger partial charge on any atom is 0.325 e. The standard InChI is InChI=1S/C15H20N3O3P/c19-22(20,21)10-7-12-5-8-18(9-6-12)15-13-3-1-2-4-14(13)16-11-17-15/h1-4,11-12H,5-10H2,(H2,19,20,21).